The highest BCUT2D eigenvalue weighted by Gasteiger charge is 2.07. The fourth-order valence-corrected chi connectivity index (χ4v) is 1.07. The summed E-state index contributed by atoms with van der Waals surface area (Å²) in [4.78, 5) is 23.8. The van der Waals surface area contributed by atoms with Crippen LogP contribution in [0, 0.1) is 0 Å². The van der Waals surface area contributed by atoms with Crippen LogP contribution in [0.2, 0.25) is 0 Å². The third-order valence-corrected chi connectivity index (χ3v) is 1.87. The van der Waals surface area contributed by atoms with Gasteiger partial charge in [-0.1, -0.05) is 0 Å². The van der Waals surface area contributed by atoms with Crippen molar-refractivity contribution in [2.24, 2.45) is 0 Å². The summed E-state index contributed by atoms with van der Waals surface area (Å²) in [6.07, 6.45) is 1.36. The molecular weight excluding hydrogens is 200 g/mol. The van der Waals surface area contributed by atoms with E-state index in [1.807, 2.05) is 19.0 Å². The Morgan fingerprint density at radius 3 is 2.80 bits per heavy atom. The average Bonchev–Trinajstić information content (AvgIpc) is 2.44. The quantitative estimate of drug-likeness (QED) is 0.658. The topological polar surface area (TPSA) is 80.4 Å². The van der Waals surface area contributed by atoms with Gasteiger partial charge in [-0.2, -0.15) is 5.10 Å². The number of carboxylic acids is 1. The zero-order valence-corrected chi connectivity index (χ0v) is 8.75. The number of carbonyl (C=O) groups is 1. The van der Waals surface area contributed by atoms with Crippen molar-refractivity contribution in [3.8, 4) is 0 Å². The zero-order chi connectivity index (χ0) is 11.4. The second-order valence-electron chi connectivity index (χ2n) is 3.46. The molecule has 7 heteroatoms. The van der Waals surface area contributed by atoms with Crippen molar-refractivity contribution in [3.63, 3.8) is 0 Å². The molecule has 0 fully saturated rings. The molecule has 84 valence electrons. The van der Waals surface area contributed by atoms with E-state index in [9.17, 15) is 9.59 Å². The highest BCUT2D eigenvalue weighted by molar-refractivity contribution is 5.66. The van der Waals surface area contributed by atoms with Crippen LogP contribution in [-0.4, -0.2) is 51.0 Å². The standard InChI is InChI=1S/C8H14N4O3/c1-10(2)3-4-11-6-9-12(8(11)15)5-7(13)14/h6H,3-5H2,1-2H3,(H,13,14). The molecule has 1 aromatic heterocycles. The molecule has 0 aliphatic carbocycles. The van der Waals surface area contributed by atoms with E-state index in [-0.39, 0.29) is 5.69 Å². The van der Waals surface area contributed by atoms with Gasteiger partial charge in [-0.15, -0.1) is 0 Å². The summed E-state index contributed by atoms with van der Waals surface area (Å²) >= 11 is 0. The summed E-state index contributed by atoms with van der Waals surface area (Å²) in [5.74, 6) is -1.07. The van der Waals surface area contributed by atoms with Crippen LogP contribution in [0.3, 0.4) is 0 Å². The maximum Gasteiger partial charge on any atom is 0.346 e. The van der Waals surface area contributed by atoms with E-state index in [0.29, 0.717) is 13.1 Å². The first kappa shape index (κ1) is 11.4. The number of nitrogens with zero attached hydrogens (tertiary/aromatic N) is 4. The lowest BCUT2D eigenvalue weighted by Crippen LogP contribution is -2.30. The summed E-state index contributed by atoms with van der Waals surface area (Å²) in [5, 5.41) is 12.2. The highest BCUT2D eigenvalue weighted by Crippen LogP contribution is 1.83. The van der Waals surface area contributed by atoms with Crippen LogP contribution in [-0.2, 0) is 17.9 Å². The van der Waals surface area contributed by atoms with Crippen LogP contribution >= 0.6 is 0 Å². The molecule has 1 aromatic rings. The molecule has 0 bridgehead atoms. The van der Waals surface area contributed by atoms with Gasteiger partial charge in [0.1, 0.15) is 12.9 Å². The van der Waals surface area contributed by atoms with E-state index in [0.717, 1.165) is 4.68 Å². The van der Waals surface area contributed by atoms with E-state index in [2.05, 4.69) is 5.10 Å². The highest BCUT2D eigenvalue weighted by atomic mass is 16.4. The largest absolute Gasteiger partial charge is 0.480 e. The normalized spacial score (nSPS) is 10.9. The Balaban J connectivity index is 2.71. The predicted molar refractivity (Wildman–Crippen MR) is 52.7 cm³/mol. The van der Waals surface area contributed by atoms with Gasteiger partial charge in [0.05, 0.1) is 0 Å². The first-order valence-electron chi connectivity index (χ1n) is 4.49. The molecule has 0 saturated carbocycles. The van der Waals surface area contributed by atoms with Gasteiger partial charge < -0.3 is 10.0 Å². The minimum absolute atomic E-state index is 0.390. The maximum atomic E-state index is 11.5. The fourth-order valence-electron chi connectivity index (χ4n) is 1.07. The van der Waals surface area contributed by atoms with Crippen molar-refractivity contribution in [3.05, 3.63) is 16.8 Å². The van der Waals surface area contributed by atoms with E-state index in [1.165, 1.54) is 10.9 Å². The van der Waals surface area contributed by atoms with Crippen LogP contribution < -0.4 is 5.69 Å². The fraction of sp³-hybridized carbons (Fsp3) is 0.625. The van der Waals surface area contributed by atoms with Crippen molar-refractivity contribution in [2.75, 3.05) is 20.6 Å². The third-order valence-electron chi connectivity index (χ3n) is 1.87. The molecule has 1 rings (SSSR count). The van der Waals surface area contributed by atoms with Gasteiger partial charge in [0.15, 0.2) is 0 Å². The Hall–Kier alpha value is -1.63. The Labute approximate surface area is 86.5 Å². The predicted octanol–water partition coefficient (Wildman–Crippen LogP) is -1.31. The molecule has 0 aliphatic rings. The Kier molecular flexibility index (Phi) is 3.62. The number of aliphatic carboxylic acids is 1. The van der Waals surface area contributed by atoms with Gasteiger partial charge in [-0.3, -0.25) is 9.36 Å². The van der Waals surface area contributed by atoms with Crippen molar-refractivity contribution in [1.29, 1.82) is 0 Å². The van der Waals surface area contributed by atoms with E-state index < -0.39 is 12.5 Å². The summed E-state index contributed by atoms with van der Waals surface area (Å²) in [5.41, 5.74) is -0.390. The molecule has 15 heavy (non-hydrogen) atoms. The van der Waals surface area contributed by atoms with Gasteiger partial charge in [0.2, 0.25) is 0 Å². The molecule has 0 saturated heterocycles. The van der Waals surface area contributed by atoms with Crippen molar-refractivity contribution < 1.29 is 9.90 Å². The summed E-state index contributed by atoms with van der Waals surface area (Å²) in [7, 11) is 3.79. The Morgan fingerprint density at radius 2 is 2.27 bits per heavy atom. The minimum atomic E-state index is -1.07. The number of likely N-dealkylation sites (N-methyl/N-ethyl adjacent to an activating group) is 1. The number of carboxylic acid groups (broad SMARTS) is 1. The van der Waals surface area contributed by atoms with Crippen LogP contribution in [0.1, 0.15) is 0 Å². The first-order valence-corrected chi connectivity index (χ1v) is 4.49. The lowest BCUT2D eigenvalue weighted by Gasteiger charge is -2.08. The molecule has 0 unspecified atom stereocenters. The molecule has 0 radical (unpaired) electrons. The summed E-state index contributed by atoms with van der Waals surface area (Å²) < 4.78 is 2.32. The number of hydrogen-bond acceptors (Lipinski definition) is 4. The second kappa shape index (κ2) is 4.74. The molecule has 0 aromatic carbocycles. The number of aromatic nitrogens is 3. The summed E-state index contributed by atoms with van der Waals surface area (Å²) in [6.45, 7) is 0.817. The zero-order valence-electron chi connectivity index (χ0n) is 8.75. The van der Waals surface area contributed by atoms with Gasteiger partial charge in [0, 0.05) is 13.1 Å². The van der Waals surface area contributed by atoms with Gasteiger partial charge in [-0.05, 0) is 14.1 Å². The molecule has 0 atom stereocenters. The van der Waals surface area contributed by atoms with Crippen LogP contribution in [0.5, 0.6) is 0 Å². The van der Waals surface area contributed by atoms with Crippen LogP contribution in [0.4, 0.5) is 0 Å². The lowest BCUT2D eigenvalue weighted by molar-refractivity contribution is -0.137. The SMILES string of the molecule is CN(C)CCn1cnn(CC(=O)O)c1=O. The van der Waals surface area contributed by atoms with Crippen LogP contribution in [0.15, 0.2) is 11.1 Å². The first-order chi connectivity index (χ1) is 7.00. The maximum absolute atomic E-state index is 11.5. The molecule has 0 amide bonds. The van der Waals surface area contributed by atoms with Crippen molar-refractivity contribution in [2.45, 2.75) is 13.1 Å². The Morgan fingerprint density at radius 1 is 1.60 bits per heavy atom. The van der Waals surface area contributed by atoms with Gasteiger partial charge in [-0.25, -0.2) is 9.48 Å². The minimum Gasteiger partial charge on any atom is -0.480 e. The third kappa shape index (κ3) is 3.21. The van der Waals surface area contributed by atoms with E-state index in [1.54, 1.807) is 0 Å². The van der Waals surface area contributed by atoms with E-state index >= 15 is 0 Å². The number of hydrogen-bond donors (Lipinski definition) is 1. The smallest absolute Gasteiger partial charge is 0.346 e. The average molecular weight is 214 g/mol. The van der Waals surface area contributed by atoms with Gasteiger partial charge in [0.25, 0.3) is 0 Å². The van der Waals surface area contributed by atoms with Gasteiger partial charge >= 0.3 is 11.7 Å². The lowest BCUT2D eigenvalue weighted by atomic mass is 10.6. The molecule has 0 spiro atoms. The monoisotopic (exact) mass is 214 g/mol. The molecule has 0 aliphatic heterocycles. The Bertz CT molecular complexity index is 393. The molecule has 1 N–H and O–H groups in total. The van der Waals surface area contributed by atoms with Crippen LogP contribution in [0.25, 0.3) is 0 Å². The van der Waals surface area contributed by atoms with Crippen molar-refractivity contribution >= 4 is 5.97 Å². The number of rotatable bonds is 5. The second-order valence-corrected chi connectivity index (χ2v) is 3.46. The summed E-state index contributed by atoms with van der Waals surface area (Å²) in [6, 6.07) is 0. The molecule has 1 heterocycles. The molecular formula is C8H14N4O3. The van der Waals surface area contributed by atoms with Crippen molar-refractivity contribution in [1.82, 2.24) is 19.2 Å². The van der Waals surface area contributed by atoms with E-state index in [4.69, 9.17) is 5.11 Å². The molecule has 7 nitrogen and oxygen atoms in total.